The van der Waals surface area contributed by atoms with Gasteiger partial charge >= 0.3 is 6.18 Å². The van der Waals surface area contributed by atoms with Gasteiger partial charge < -0.3 is 4.90 Å². The molecule has 1 rings (SSSR count). The second-order valence-electron chi connectivity index (χ2n) is 3.00. The fraction of sp³-hybridized carbons (Fsp3) is 0.500. The number of carbonyl (C=O) groups is 1. The molecule has 0 bridgehead atoms. The molecule has 0 aliphatic rings. The van der Waals surface area contributed by atoms with Gasteiger partial charge in [0.2, 0.25) is 0 Å². The van der Waals surface area contributed by atoms with Gasteiger partial charge in [0.15, 0.2) is 0 Å². The van der Waals surface area contributed by atoms with E-state index >= 15 is 0 Å². The molecule has 0 aliphatic carbocycles. The Bertz CT molecular complexity index is 339. The van der Waals surface area contributed by atoms with Crippen molar-refractivity contribution in [3.8, 4) is 0 Å². The lowest BCUT2D eigenvalue weighted by Crippen LogP contribution is -2.40. The van der Waals surface area contributed by atoms with Crippen molar-refractivity contribution >= 4 is 17.5 Å². The van der Waals surface area contributed by atoms with Gasteiger partial charge in [-0.1, -0.05) is 0 Å². The van der Waals surface area contributed by atoms with E-state index in [1.807, 2.05) is 0 Å². The van der Waals surface area contributed by atoms with Crippen LogP contribution in [0.2, 0.25) is 0 Å². The fourth-order valence-corrected chi connectivity index (χ4v) is 1.32. The van der Waals surface area contributed by atoms with Gasteiger partial charge in [-0.3, -0.25) is 9.89 Å². The van der Waals surface area contributed by atoms with E-state index in [-0.39, 0.29) is 18.1 Å². The zero-order valence-corrected chi connectivity index (χ0v) is 8.85. The fourth-order valence-electron chi connectivity index (χ4n) is 1.12. The van der Waals surface area contributed by atoms with Crippen LogP contribution in [-0.4, -0.2) is 46.2 Å². The number of carbonyl (C=O) groups excluding carboxylic acids is 1. The lowest BCUT2D eigenvalue weighted by Gasteiger charge is -2.22. The maximum atomic E-state index is 12.2. The SMILES string of the molecule is O=C(c1ccn[nH]1)N(CCCl)CC(F)(F)F. The minimum Gasteiger partial charge on any atom is -0.327 e. The first kappa shape index (κ1) is 12.8. The molecule has 0 saturated heterocycles. The molecule has 8 heteroatoms. The standard InChI is InChI=1S/C8H9ClF3N3O/c9-2-4-15(5-8(10,11)12)7(16)6-1-3-13-14-6/h1,3H,2,4-5H2,(H,13,14). The van der Waals surface area contributed by atoms with Crippen molar-refractivity contribution < 1.29 is 18.0 Å². The number of H-pyrrole nitrogens is 1. The maximum absolute atomic E-state index is 12.2. The van der Waals surface area contributed by atoms with Gasteiger partial charge in [0.05, 0.1) is 0 Å². The van der Waals surface area contributed by atoms with Crippen LogP contribution in [0.1, 0.15) is 10.5 Å². The minimum absolute atomic E-state index is 0.00867. The van der Waals surface area contributed by atoms with Crippen molar-refractivity contribution in [2.45, 2.75) is 6.18 Å². The Morgan fingerprint density at radius 2 is 2.25 bits per heavy atom. The first-order chi connectivity index (χ1) is 7.44. The number of hydrogen-bond donors (Lipinski definition) is 1. The summed E-state index contributed by atoms with van der Waals surface area (Å²) in [4.78, 5) is 12.2. The maximum Gasteiger partial charge on any atom is 0.406 e. The second kappa shape index (κ2) is 5.20. The zero-order chi connectivity index (χ0) is 12.2. The number of amides is 1. The number of rotatable bonds is 4. The Hall–Kier alpha value is -1.24. The van der Waals surface area contributed by atoms with Gasteiger partial charge in [-0.2, -0.15) is 18.3 Å². The van der Waals surface area contributed by atoms with E-state index in [4.69, 9.17) is 11.6 Å². The third-order valence-electron chi connectivity index (χ3n) is 1.74. The summed E-state index contributed by atoms with van der Waals surface area (Å²) < 4.78 is 36.5. The summed E-state index contributed by atoms with van der Waals surface area (Å²) in [5.74, 6) is -0.828. The molecule has 1 heterocycles. The predicted molar refractivity (Wildman–Crippen MR) is 51.3 cm³/mol. The molecule has 1 N–H and O–H groups in total. The van der Waals surface area contributed by atoms with Crippen molar-refractivity contribution in [3.05, 3.63) is 18.0 Å². The number of aromatic nitrogens is 2. The van der Waals surface area contributed by atoms with Crippen LogP contribution >= 0.6 is 11.6 Å². The summed E-state index contributed by atoms with van der Waals surface area (Å²) in [7, 11) is 0. The first-order valence-electron chi connectivity index (χ1n) is 4.35. The Labute approximate surface area is 94.4 Å². The molecule has 0 radical (unpaired) electrons. The Morgan fingerprint density at radius 3 is 2.69 bits per heavy atom. The van der Waals surface area contributed by atoms with Crippen LogP contribution in [-0.2, 0) is 0 Å². The summed E-state index contributed by atoms with van der Waals surface area (Å²) in [6.07, 6.45) is -3.15. The molecule has 0 fully saturated rings. The van der Waals surface area contributed by atoms with Gasteiger partial charge in [-0.25, -0.2) is 0 Å². The molecule has 1 aromatic rings. The molecule has 1 aromatic heterocycles. The molecule has 0 saturated carbocycles. The average Bonchev–Trinajstić information content (AvgIpc) is 2.66. The van der Waals surface area contributed by atoms with Crippen molar-refractivity contribution in [1.29, 1.82) is 0 Å². The van der Waals surface area contributed by atoms with E-state index in [0.29, 0.717) is 4.90 Å². The number of halogens is 4. The monoisotopic (exact) mass is 255 g/mol. The smallest absolute Gasteiger partial charge is 0.327 e. The summed E-state index contributed by atoms with van der Waals surface area (Å²) in [5, 5.41) is 5.81. The molecular formula is C8H9ClF3N3O. The quantitative estimate of drug-likeness (QED) is 0.832. The molecule has 0 aromatic carbocycles. The zero-order valence-electron chi connectivity index (χ0n) is 8.09. The third kappa shape index (κ3) is 3.73. The normalized spacial score (nSPS) is 11.5. The van der Waals surface area contributed by atoms with E-state index in [2.05, 4.69) is 10.2 Å². The van der Waals surface area contributed by atoms with Gasteiger partial charge in [0, 0.05) is 18.6 Å². The number of alkyl halides is 4. The number of nitrogens with one attached hydrogen (secondary N) is 1. The van der Waals surface area contributed by atoms with Gasteiger partial charge in [-0.15, -0.1) is 11.6 Å². The van der Waals surface area contributed by atoms with Crippen LogP contribution in [0.25, 0.3) is 0 Å². The highest BCUT2D eigenvalue weighted by Gasteiger charge is 2.33. The molecule has 1 amide bonds. The Morgan fingerprint density at radius 1 is 1.56 bits per heavy atom. The van der Waals surface area contributed by atoms with Crippen LogP contribution in [0, 0.1) is 0 Å². The van der Waals surface area contributed by atoms with Crippen molar-refractivity contribution in [2.75, 3.05) is 19.0 Å². The van der Waals surface area contributed by atoms with Crippen LogP contribution < -0.4 is 0 Å². The average molecular weight is 256 g/mol. The van der Waals surface area contributed by atoms with Crippen LogP contribution in [0.4, 0.5) is 13.2 Å². The van der Waals surface area contributed by atoms with Crippen LogP contribution in [0.3, 0.4) is 0 Å². The minimum atomic E-state index is -4.44. The van der Waals surface area contributed by atoms with Crippen LogP contribution in [0.15, 0.2) is 12.3 Å². The van der Waals surface area contributed by atoms with E-state index in [9.17, 15) is 18.0 Å². The van der Waals surface area contributed by atoms with E-state index in [0.717, 1.165) is 0 Å². The molecule has 0 unspecified atom stereocenters. The lowest BCUT2D eigenvalue weighted by molar-refractivity contribution is -0.140. The highest BCUT2D eigenvalue weighted by molar-refractivity contribution is 6.18. The summed E-state index contributed by atoms with van der Waals surface area (Å²) in [6, 6.07) is 1.31. The summed E-state index contributed by atoms with van der Waals surface area (Å²) in [6.45, 7) is -1.49. The predicted octanol–water partition coefficient (Wildman–Crippen LogP) is 1.65. The number of hydrogen-bond acceptors (Lipinski definition) is 2. The Balaban J connectivity index is 2.74. The van der Waals surface area contributed by atoms with E-state index < -0.39 is 18.6 Å². The lowest BCUT2D eigenvalue weighted by atomic mass is 10.3. The second-order valence-corrected chi connectivity index (χ2v) is 3.38. The van der Waals surface area contributed by atoms with Crippen molar-refractivity contribution in [2.24, 2.45) is 0 Å². The van der Waals surface area contributed by atoms with Gasteiger partial charge in [-0.05, 0) is 6.07 Å². The molecular weight excluding hydrogens is 247 g/mol. The molecule has 0 spiro atoms. The highest BCUT2D eigenvalue weighted by Crippen LogP contribution is 2.17. The molecule has 4 nitrogen and oxygen atoms in total. The Kier molecular flexibility index (Phi) is 4.17. The molecule has 90 valence electrons. The first-order valence-corrected chi connectivity index (χ1v) is 4.89. The highest BCUT2D eigenvalue weighted by atomic mass is 35.5. The molecule has 16 heavy (non-hydrogen) atoms. The van der Waals surface area contributed by atoms with Gasteiger partial charge in [0.1, 0.15) is 12.2 Å². The van der Waals surface area contributed by atoms with Gasteiger partial charge in [0.25, 0.3) is 5.91 Å². The summed E-state index contributed by atoms with van der Waals surface area (Å²) >= 11 is 5.34. The third-order valence-corrected chi connectivity index (χ3v) is 1.91. The number of aromatic amines is 1. The van der Waals surface area contributed by atoms with Crippen LogP contribution in [0.5, 0.6) is 0 Å². The number of nitrogens with zero attached hydrogens (tertiary/aromatic N) is 2. The summed E-state index contributed by atoms with van der Waals surface area (Å²) in [5.41, 5.74) is 0.00867. The molecule has 0 atom stereocenters. The topological polar surface area (TPSA) is 49.0 Å². The van der Waals surface area contributed by atoms with E-state index in [1.54, 1.807) is 0 Å². The van der Waals surface area contributed by atoms with Crippen molar-refractivity contribution in [3.63, 3.8) is 0 Å². The van der Waals surface area contributed by atoms with E-state index in [1.165, 1.54) is 12.3 Å². The largest absolute Gasteiger partial charge is 0.406 e. The molecule has 0 aliphatic heterocycles. The van der Waals surface area contributed by atoms with Crippen molar-refractivity contribution in [1.82, 2.24) is 15.1 Å².